The van der Waals surface area contributed by atoms with Crippen LogP contribution in [0.2, 0.25) is 0 Å². The van der Waals surface area contributed by atoms with Crippen LogP contribution in [0.4, 0.5) is 0 Å². The van der Waals surface area contributed by atoms with Crippen LogP contribution in [0.25, 0.3) is 0 Å². The van der Waals surface area contributed by atoms with E-state index in [4.69, 9.17) is 4.74 Å². The maximum Gasteiger partial charge on any atom is 0.133 e. The van der Waals surface area contributed by atoms with Gasteiger partial charge in [-0.15, -0.1) is 0 Å². The van der Waals surface area contributed by atoms with Gasteiger partial charge in [0.2, 0.25) is 0 Å². The zero-order valence-electron chi connectivity index (χ0n) is 7.95. The number of quaternary nitrogens is 1. The van der Waals surface area contributed by atoms with Crippen molar-refractivity contribution in [3.63, 3.8) is 0 Å². The zero-order chi connectivity index (χ0) is 9.03. The SMILES string of the molecule is C[N+](C)(C)CCOc1ccc[p-]1. The molecule has 0 aliphatic heterocycles. The number of nitrogens with zero attached hydrogens (tertiary/aromatic N) is 1. The maximum atomic E-state index is 5.55. The highest BCUT2D eigenvalue weighted by molar-refractivity contribution is 7.31. The third-order valence-corrected chi connectivity index (χ3v) is 2.39. The average Bonchev–Trinajstić information content (AvgIpc) is 2.36. The fourth-order valence-electron chi connectivity index (χ4n) is 0.794. The fourth-order valence-corrected chi connectivity index (χ4v) is 1.45. The predicted molar refractivity (Wildman–Crippen MR) is 52.9 cm³/mol. The Hall–Kier alpha value is -0.460. The Bertz CT molecular complexity index is 213. The highest BCUT2D eigenvalue weighted by Crippen LogP contribution is 2.23. The summed E-state index contributed by atoms with van der Waals surface area (Å²) in [4.78, 5) is 0. The second-order valence-corrected chi connectivity index (χ2v) is 4.84. The van der Waals surface area contributed by atoms with Gasteiger partial charge in [0.25, 0.3) is 0 Å². The standard InChI is InChI=1S/C9H16NOP/c1-10(2,3)6-7-11-9-5-4-8-12-9/h4-5,8H,6-7H2,1-3H3. The van der Waals surface area contributed by atoms with E-state index in [2.05, 4.69) is 26.9 Å². The van der Waals surface area contributed by atoms with Gasteiger partial charge in [0.1, 0.15) is 13.2 Å². The van der Waals surface area contributed by atoms with E-state index in [0.29, 0.717) is 0 Å². The highest BCUT2D eigenvalue weighted by Gasteiger charge is 2.04. The number of ether oxygens (including phenoxy) is 1. The van der Waals surface area contributed by atoms with Crippen molar-refractivity contribution in [2.24, 2.45) is 0 Å². The van der Waals surface area contributed by atoms with Crippen molar-refractivity contribution in [3.05, 3.63) is 17.9 Å². The number of likely N-dealkylation sites (N-methyl/N-ethyl adjacent to an activating group) is 1. The second kappa shape index (κ2) is 3.97. The molecule has 1 heterocycles. The van der Waals surface area contributed by atoms with Crippen LogP contribution in [-0.4, -0.2) is 38.8 Å². The molecule has 0 fully saturated rings. The third-order valence-electron chi connectivity index (χ3n) is 1.54. The summed E-state index contributed by atoms with van der Waals surface area (Å²) < 4.78 is 6.51. The molecular weight excluding hydrogens is 169 g/mol. The van der Waals surface area contributed by atoms with E-state index >= 15 is 0 Å². The van der Waals surface area contributed by atoms with E-state index in [1.54, 1.807) is 0 Å². The molecule has 0 atom stereocenters. The summed E-state index contributed by atoms with van der Waals surface area (Å²) in [6.07, 6.45) is 0. The van der Waals surface area contributed by atoms with Crippen molar-refractivity contribution >= 4 is 8.19 Å². The van der Waals surface area contributed by atoms with Gasteiger partial charge in [0, 0.05) is 0 Å². The lowest BCUT2D eigenvalue weighted by molar-refractivity contribution is -0.870. The molecule has 0 bridgehead atoms. The molecule has 1 aromatic heterocycles. The van der Waals surface area contributed by atoms with Gasteiger partial charge in [-0.1, -0.05) is 12.1 Å². The minimum Gasteiger partial charge on any atom is -0.521 e. The fraction of sp³-hybridized carbons (Fsp3) is 0.556. The predicted octanol–water partition coefficient (Wildman–Crippen LogP) is 2.07. The zero-order valence-corrected chi connectivity index (χ0v) is 8.84. The summed E-state index contributed by atoms with van der Waals surface area (Å²) in [6.45, 7) is 1.86. The molecule has 68 valence electrons. The van der Waals surface area contributed by atoms with Crippen molar-refractivity contribution in [3.8, 4) is 5.48 Å². The van der Waals surface area contributed by atoms with Crippen molar-refractivity contribution < 1.29 is 9.22 Å². The second-order valence-electron chi connectivity index (χ2n) is 3.84. The molecule has 0 amide bonds. The third kappa shape index (κ3) is 3.80. The summed E-state index contributed by atoms with van der Waals surface area (Å²) in [5.41, 5.74) is 1.07. The molecule has 0 aromatic carbocycles. The molecule has 2 nitrogen and oxygen atoms in total. The van der Waals surface area contributed by atoms with Gasteiger partial charge < -0.3 is 17.4 Å². The summed E-state index contributed by atoms with van der Waals surface area (Å²) in [7, 11) is 7.70. The van der Waals surface area contributed by atoms with Gasteiger partial charge in [-0.05, 0) is 5.48 Å². The first-order valence-electron chi connectivity index (χ1n) is 4.09. The Balaban J connectivity index is 2.20. The van der Waals surface area contributed by atoms with Crippen molar-refractivity contribution in [1.82, 2.24) is 0 Å². The van der Waals surface area contributed by atoms with Crippen molar-refractivity contribution in [1.29, 1.82) is 0 Å². The van der Waals surface area contributed by atoms with Gasteiger partial charge in [0.05, 0.1) is 21.1 Å². The van der Waals surface area contributed by atoms with Crippen LogP contribution < -0.4 is 4.74 Å². The first kappa shape index (κ1) is 9.63. The molecule has 0 aliphatic carbocycles. The van der Waals surface area contributed by atoms with E-state index in [-0.39, 0.29) is 0 Å². The Morgan fingerprint density at radius 3 is 2.67 bits per heavy atom. The maximum absolute atomic E-state index is 5.55. The summed E-state index contributed by atoms with van der Waals surface area (Å²) in [5.74, 6) is 2.08. The Morgan fingerprint density at radius 2 is 2.17 bits per heavy atom. The highest BCUT2D eigenvalue weighted by atomic mass is 31.0. The lowest BCUT2D eigenvalue weighted by Crippen LogP contribution is -2.38. The van der Waals surface area contributed by atoms with E-state index < -0.39 is 0 Å². The molecule has 1 rings (SSSR count). The Labute approximate surface area is 75.8 Å². The average molecular weight is 185 g/mol. The molecule has 0 saturated heterocycles. The van der Waals surface area contributed by atoms with Crippen molar-refractivity contribution in [2.75, 3.05) is 34.3 Å². The first-order chi connectivity index (χ1) is 5.58. The smallest absolute Gasteiger partial charge is 0.133 e. The van der Waals surface area contributed by atoms with E-state index in [0.717, 1.165) is 23.1 Å². The number of hydrogen-bond acceptors (Lipinski definition) is 1. The van der Waals surface area contributed by atoms with Crippen LogP contribution in [0.1, 0.15) is 0 Å². The quantitative estimate of drug-likeness (QED) is 0.652. The molecular formula is C9H16NOP. The van der Waals surface area contributed by atoms with Crippen molar-refractivity contribution in [2.45, 2.75) is 0 Å². The van der Waals surface area contributed by atoms with Crippen LogP contribution in [0.5, 0.6) is 5.48 Å². The minimum absolute atomic E-state index is 0.810. The van der Waals surface area contributed by atoms with E-state index in [9.17, 15) is 0 Å². The molecule has 0 aliphatic rings. The topological polar surface area (TPSA) is 9.23 Å². The number of rotatable bonds is 4. The molecule has 0 radical (unpaired) electrons. The lowest BCUT2D eigenvalue weighted by atomic mass is 10.5. The van der Waals surface area contributed by atoms with Gasteiger partial charge in [-0.3, -0.25) is 0 Å². The molecule has 0 N–H and O–H groups in total. The lowest BCUT2D eigenvalue weighted by Gasteiger charge is -2.24. The molecule has 0 spiro atoms. The van der Waals surface area contributed by atoms with Crippen LogP contribution >= 0.6 is 8.19 Å². The van der Waals surface area contributed by atoms with Crippen LogP contribution in [0, 0.1) is 0 Å². The van der Waals surface area contributed by atoms with Gasteiger partial charge >= 0.3 is 0 Å². The number of hydrogen-bond donors (Lipinski definition) is 0. The molecule has 0 saturated carbocycles. The Kier molecular flexibility index (Phi) is 3.19. The molecule has 1 aromatic rings. The summed E-state index contributed by atoms with van der Waals surface area (Å²) in [5, 5.41) is 0. The van der Waals surface area contributed by atoms with Crippen LogP contribution in [-0.2, 0) is 0 Å². The molecule has 0 unspecified atom stereocenters. The monoisotopic (exact) mass is 185 g/mol. The molecule has 12 heavy (non-hydrogen) atoms. The normalized spacial score (nSPS) is 12.2. The minimum atomic E-state index is 0.810. The van der Waals surface area contributed by atoms with E-state index in [1.165, 1.54) is 8.19 Å². The van der Waals surface area contributed by atoms with Gasteiger partial charge in [-0.2, -0.15) is 0 Å². The largest absolute Gasteiger partial charge is 0.521 e. The first-order valence-corrected chi connectivity index (χ1v) is 5.05. The Morgan fingerprint density at radius 1 is 1.42 bits per heavy atom. The van der Waals surface area contributed by atoms with Gasteiger partial charge in [-0.25, -0.2) is 5.80 Å². The van der Waals surface area contributed by atoms with Crippen LogP contribution in [0.15, 0.2) is 17.9 Å². The molecule has 3 heteroatoms. The van der Waals surface area contributed by atoms with E-state index in [1.807, 2.05) is 12.1 Å². The van der Waals surface area contributed by atoms with Gasteiger partial charge in [0.15, 0.2) is 0 Å². The van der Waals surface area contributed by atoms with Crippen LogP contribution in [0.3, 0.4) is 0 Å². The summed E-state index contributed by atoms with van der Waals surface area (Å²) >= 11 is 0. The summed E-state index contributed by atoms with van der Waals surface area (Å²) in [6, 6.07) is 4.06.